The summed E-state index contributed by atoms with van der Waals surface area (Å²) in [5.41, 5.74) is 7.05. The van der Waals surface area contributed by atoms with Crippen LogP contribution in [0.1, 0.15) is 105 Å². The predicted octanol–water partition coefficient (Wildman–Crippen LogP) is -5.87. The molecule has 0 radical (unpaired) electrons. The molecule has 0 saturated heterocycles. The van der Waals surface area contributed by atoms with Crippen LogP contribution in [0.5, 0.6) is 5.75 Å². The van der Waals surface area contributed by atoms with Crippen LogP contribution in [0.25, 0.3) is 0 Å². The van der Waals surface area contributed by atoms with E-state index in [1.807, 2.05) is 0 Å². The van der Waals surface area contributed by atoms with E-state index in [1.54, 1.807) is 57.4 Å². The molecular weight excluding hydrogens is 1380 g/mol. The van der Waals surface area contributed by atoms with Crippen LogP contribution in [0.2, 0.25) is 0 Å². The summed E-state index contributed by atoms with van der Waals surface area (Å²) in [5, 5.41) is 99.6. The maximum absolute atomic E-state index is 14.4. The smallest absolute Gasteiger partial charge is 0.326 e. The molecule has 2 rings (SSSR count). The second-order valence-corrected chi connectivity index (χ2v) is 25.5. The van der Waals surface area contributed by atoms with E-state index >= 15 is 0 Å². The highest BCUT2D eigenvalue weighted by Crippen LogP contribution is 2.15. The van der Waals surface area contributed by atoms with Gasteiger partial charge in [0.05, 0.1) is 38.3 Å². The fraction of sp³-hybridized carbons (Fsp3) is 0.569. The van der Waals surface area contributed by atoms with Gasteiger partial charge in [0.1, 0.15) is 78.3 Å². The fourth-order valence-electron chi connectivity index (χ4n) is 9.49. The second kappa shape index (κ2) is 45.0. The van der Waals surface area contributed by atoms with Gasteiger partial charge in [0.15, 0.2) is 0 Å². The number of amides is 13. The van der Waals surface area contributed by atoms with E-state index in [-0.39, 0.29) is 37.9 Å². The zero-order valence-electron chi connectivity index (χ0n) is 58.6. The number of phenolic OH excluding ortho intramolecular Hbond substituents is 1. The van der Waals surface area contributed by atoms with Gasteiger partial charge < -0.3 is 111 Å². The van der Waals surface area contributed by atoms with Crippen molar-refractivity contribution < 1.29 is 112 Å². The number of carbonyl (C=O) groups is 16. The molecule has 16 atom stereocenters. The van der Waals surface area contributed by atoms with Gasteiger partial charge >= 0.3 is 17.9 Å². The molecule has 0 unspecified atom stereocenters. The first kappa shape index (κ1) is 89.0. The number of aliphatic hydroxyl groups is 3. The molecule has 13 amide bonds. The zero-order valence-corrected chi connectivity index (χ0v) is 59.4. The van der Waals surface area contributed by atoms with Gasteiger partial charge in [-0.2, -0.15) is 11.8 Å². The number of carbonyl (C=O) groups excluding carboxylic acids is 13. The number of hydrogen-bond acceptors (Lipinski definition) is 22. The van der Waals surface area contributed by atoms with Crippen LogP contribution in [0, 0.1) is 11.8 Å². The normalized spacial score (nSPS) is 15.7. The molecule has 0 aliphatic heterocycles. The first-order valence-corrected chi connectivity index (χ1v) is 34.3. The highest BCUT2D eigenvalue weighted by molar-refractivity contribution is 7.98. The summed E-state index contributed by atoms with van der Waals surface area (Å²) in [4.78, 5) is 211. The summed E-state index contributed by atoms with van der Waals surface area (Å²) in [5.74, 6) is -19.2. The van der Waals surface area contributed by atoms with Crippen molar-refractivity contribution in [2.75, 3.05) is 31.8 Å². The minimum Gasteiger partial charge on any atom is -0.508 e. The molecule has 0 saturated carbocycles. The summed E-state index contributed by atoms with van der Waals surface area (Å²) >= 11 is 1.35. The number of hydrogen-bond donors (Lipinski definition) is 21. The first-order valence-electron chi connectivity index (χ1n) is 33.0. The van der Waals surface area contributed by atoms with Crippen molar-refractivity contribution in [3.05, 3.63) is 65.7 Å². The molecule has 572 valence electrons. The van der Waals surface area contributed by atoms with Gasteiger partial charge in [-0.05, 0) is 94.1 Å². The fourth-order valence-corrected chi connectivity index (χ4v) is 9.96. The highest BCUT2D eigenvalue weighted by atomic mass is 32.2. The Balaban J connectivity index is 2.25. The number of thioether (sulfide) groups is 1. The van der Waals surface area contributed by atoms with Crippen LogP contribution < -0.4 is 74.9 Å². The molecule has 0 bridgehead atoms. The number of carboxylic acid groups (broad SMARTS) is 3. The summed E-state index contributed by atoms with van der Waals surface area (Å²) in [7, 11) is 0. The van der Waals surface area contributed by atoms with Crippen molar-refractivity contribution in [2.24, 2.45) is 17.6 Å². The maximum Gasteiger partial charge on any atom is 0.326 e. The van der Waals surface area contributed by atoms with E-state index in [1.165, 1.54) is 56.8 Å². The molecule has 0 aromatic heterocycles. The van der Waals surface area contributed by atoms with Gasteiger partial charge in [-0.15, -0.1) is 0 Å². The van der Waals surface area contributed by atoms with Gasteiger partial charge in [-0.3, -0.25) is 71.9 Å². The summed E-state index contributed by atoms with van der Waals surface area (Å²) in [6.45, 7) is 7.90. The number of aromatic hydroxyl groups is 1. The Morgan fingerprint density at radius 2 is 0.854 bits per heavy atom. The minimum absolute atomic E-state index is 0.0175. The molecule has 103 heavy (non-hydrogen) atoms. The van der Waals surface area contributed by atoms with Crippen molar-refractivity contribution in [3.8, 4) is 5.75 Å². The summed E-state index contributed by atoms with van der Waals surface area (Å²) in [6, 6.07) is -6.66. The Morgan fingerprint density at radius 3 is 1.33 bits per heavy atom. The Labute approximate surface area is 598 Å². The van der Waals surface area contributed by atoms with E-state index < -0.39 is 230 Å². The number of nitrogens with one attached hydrogen (secondary N) is 13. The molecule has 38 heteroatoms. The lowest BCUT2D eigenvalue weighted by Gasteiger charge is -2.29. The lowest BCUT2D eigenvalue weighted by atomic mass is 9.96. The van der Waals surface area contributed by atoms with Crippen molar-refractivity contribution in [3.63, 3.8) is 0 Å². The molecule has 0 heterocycles. The minimum atomic E-state index is -2.04. The van der Waals surface area contributed by atoms with Gasteiger partial charge in [0, 0.05) is 12.8 Å². The Hall–Kier alpha value is -10.1. The molecule has 37 nitrogen and oxygen atoms in total. The predicted molar refractivity (Wildman–Crippen MR) is 368 cm³/mol. The average molecular weight is 1480 g/mol. The van der Waals surface area contributed by atoms with Crippen molar-refractivity contribution >= 4 is 106 Å². The van der Waals surface area contributed by atoms with E-state index in [2.05, 4.69) is 69.1 Å². The number of aliphatic carboxylic acids is 3. The molecule has 22 N–H and O–H groups in total. The monoisotopic (exact) mass is 1470 g/mol. The van der Waals surface area contributed by atoms with Gasteiger partial charge in [0.25, 0.3) is 0 Å². The number of phenols is 1. The Bertz CT molecular complexity index is 3260. The average Bonchev–Trinajstić information content (AvgIpc) is 0.851. The topological polar surface area (TPSA) is 597 Å². The zero-order chi connectivity index (χ0) is 78.0. The number of benzene rings is 2. The van der Waals surface area contributed by atoms with Crippen molar-refractivity contribution in [2.45, 2.75) is 191 Å². The standard InChI is InChI=1S/C65H98N14O23S/c1-10-31(3)50(62(98)70-35(7)54(90)72-42(65(101)102)23-24-103-9)79-61(97)46(30-81)75-55(91)34(6)69-58(94)44(27-49(87)88)73-60(96)45(29-80)76-63(99)51(32(4)11-2)78-59(95)43(26-37-15-13-12-14-16-37)74-64(100)52(36(8)82)77-47(84)28-67-57(93)41(21-22-48(85)86)71-53(89)33(5)68-56(92)40(66)25-38-17-19-39(83)20-18-38/h12-20,31-36,40-46,50-52,80-83H,10-11,21-30,66H2,1-9H3,(H,67,93)(H,68,92)(H,69,94)(H,70,98)(H,71,89)(H,72,90)(H,73,96)(H,74,100)(H,75,91)(H,76,99)(H,77,84)(H,78,95)(H,79,97)(H,85,86)(H,87,88)(H,101,102)/t31-,32-,33-,34-,35-,36+,40-,41-,42-,43-,44-,45-,46-,50-,51-,52-/m0/s1. The van der Waals surface area contributed by atoms with E-state index in [4.69, 9.17) is 5.73 Å². The van der Waals surface area contributed by atoms with Crippen molar-refractivity contribution in [1.82, 2.24) is 69.1 Å². The van der Waals surface area contributed by atoms with E-state index in [0.717, 1.165) is 13.8 Å². The lowest BCUT2D eigenvalue weighted by Crippen LogP contribution is -2.62. The Morgan fingerprint density at radius 1 is 0.437 bits per heavy atom. The van der Waals surface area contributed by atoms with Crippen LogP contribution >= 0.6 is 11.8 Å². The van der Waals surface area contributed by atoms with Crippen LogP contribution in [0.4, 0.5) is 0 Å². The highest BCUT2D eigenvalue weighted by Gasteiger charge is 2.38. The molecule has 0 aliphatic rings. The molecule has 2 aromatic carbocycles. The Kier molecular flexibility index (Phi) is 38.9. The van der Waals surface area contributed by atoms with Crippen molar-refractivity contribution in [1.29, 1.82) is 0 Å². The van der Waals surface area contributed by atoms with Crippen LogP contribution in [-0.2, 0) is 89.6 Å². The van der Waals surface area contributed by atoms with Crippen LogP contribution in [0.3, 0.4) is 0 Å². The summed E-state index contributed by atoms with van der Waals surface area (Å²) in [6.07, 6.45) is -2.01. The van der Waals surface area contributed by atoms with Gasteiger partial charge in [-0.1, -0.05) is 83.0 Å². The van der Waals surface area contributed by atoms with E-state index in [9.17, 15) is 112 Å². The third-order valence-electron chi connectivity index (χ3n) is 16.1. The molecule has 0 aliphatic carbocycles. The third kappa shape index (κ3) is 31.4. The molecular formula is C65H98N14O23S. The quantitative estimate of drug-likeness (QED) is 0.0294. The van der Waals surface area contributed by atoms with Gasteiger partial charge in [-0.25, -0.2) is 4.79 Å². The number of nitrogens with two attached hydrogens (primary N) is 1. The lowest BCUT2D eigenvalue weighted by molar-refractivity contribution is -0.142. The third-order valence-corrected chi connectivity index (χ3v) is 16.8. The van der Waals surface area contributed by atoms with Crippen LogP contribution in [0.15, 0.2) is 54.6 Å². The maximum atomic E-state index is 14.4. The molecule has 0 spiro atoms. The molecule has 0 fully saturated rings. The largest absolute Gasteiger partial charge is 0.508 e. The number of rotatable bonds is 46. The second-order valence-electron chi connectivity index (χ2n) is 24.5. The van der Waals surface area contributed by atoms with Crippen LogP contribution in [-0.4, -0.2) is 247 Å². The summed E-state index contributed by atoms with van der Waals surface area (Å²) < 4.78 is 0. The first-order chi connectivity index (χ1) is 48.4. The molecule has 2 aromatic rings. The number of carboxylic acids is 3. The van der Waals surface area contributed by atoms with E-state index in [0.29, 0.717) is 16.9 Å². The van der Waals surface area contributed by atoms with Gasteiger partial charge in [0.2, 0.25) is 76.8 Å². The number of aliphatic hydroxyl groups excluding tert-OH is 3. The SMILES string of the molecule is CC[C@H](C)[C@H](NC(=O)[C@H](CO)NC(=O)[C@H](C)NC(=O)[C@H](CC(=O)O)NC(=O)[C@H](CO)NC(=O)[C@@H](NC(=O)[C@H](Cc1ccccc1)NC(=O)[C@@H](NC(=O)CNC(=O)[C@H](CCC(=O)O)NC(=O)[C@H](C)NC(=O)[C@@H](N)Cc1ccc(O)cc1)[C@@H](C)O)[C@@H](C)CC)C(=O)N[C@@H](C)C(=O)N[C@@H](CCSC)C(=O)O.